The van der Waals surface area contributed by atoms with Crippen LogP contribution in [0.25, 0.3) is 28.2 Å². The minimum Gasteiger partial charge on any atom is -0.325 e. The smallest absolute Gasteiger partial charge is 0.325 e. The molecule has 0 aliphatic heterocycles. The van der Waals surface area contributed by atoms with Crippen molar-refractivity contribution < 1.29 is 18.0 Å². The number of carbonyl (C=O) groups is 1. The van der Waals surface area contributed by atoms with Gasteiger partial charge in [0.15, 0.2) is 5.65 Å². The van der Waals surface area contributed by atoms with Crippen LogP contribution in [0.2, 0.25) is 5.02 Å². The normalized spacial score (nSPS) is 12.2. The van der Waals surface area contributed by atoms with Crippen molar-refractivity contribution in [3.05, 3.63) is 71.4 Å². The second-order valence-electron chi connectivity index (χ2n) is 8.59. The molecule has 2 heterocycles. The lowest BCUT2D eigenvalue weighted by Gasteiger charge is -2.20. The van der Waals surface area contributed by atoms with Crippen molar-refractivity contribution in [2.75, 3.05) is 5.32 Å². The van der Waals surface area contributed by atoms with Crippen LogP contribution in [0.1, 0.15) is 26.3 Å². The van der Waals surface area contributed by atoms with E-state index in [2.05, 4.69) is 15.4 Å². The largest absolute Gasteiger partial charge is 0.418 e. The first kappa shape index (κ1) is 22.8. The van der Waals surface area contributed by atoms with Gasteiger partial charge in [0.1, 0.15) is 0 Å². The van der Waals surface area contributed by atoms with E-state index in [1.165, 1.54) is 12.1 Å². The Hall–Kier alpha value is -3.39. The van der Waals surface area contributed by atoms with Gasteiger partial charge in [0.25, 0.3) is 0 Å². The number of fused-ring (bicyclic) bond motifs is 1. The maximum Gasteiger partial charge on any atom is 0.418 e. The number of nitrogens with one attached hydrogen (secondary N) is 1. The minimum atomic E-state index is -4.62. The van der Waals surface area contributed by atoms with Crippen LogP contribution in [0.5, 0.6) is 0 Å². The lowest BCUT2D eigenvalue weighted by atomic mass is 9.95. The van der Waals surface area contributed by atoms with Crippen LogP contribution in [-0.2, 0) is 11.0 Å². The highest BCUT2D eigenvalue weighted by atomic mass is 35.5. The van der Waals surface area contributed by atoms with Crippen LogP contribution in [0.3, 0.4) is 0 Å². The molecule has 0 unspecified atom stereocenters. The molecule has 4 rings (SSSR count). The number of benzene rings is 2. The van der Waals surface area contributed by atoms with Gasteiger partial charge in [-0.2, -0.15) is 18.3 Å². The molecule has 0 fully saturated rings. The van der Waals surface area contributed by atoms with E-state index in [4.69, 9.17) is 11.6 Å². The van der Waals surface area contributed by atoms with Crippen molar-refractivity contribution in [3.63, 3.8) is 0 Å². The molecule has 4 aromatic rings. The summed E-state index contributed by atoms with van der Waals surface area (Å²) in [6, 6.07) is 14.3. The van der Waals surface area contributed by atoms with E-state index in [0.29, 0.717) is 27.6 Å². The fourth-order valence-corrected chi connectivity index (χ4v) is 3.43. The second kappa shape index (κ2) is 8.19. The highest BCUT2D eigenvalue weighted by Gasteiger charge is 2.35. The molecule has 5 nitrogen and oxygen atoms in total. The van der Waals surface area contributed by atoms with Crippen LogP contribution < -0.4 is 5.32 Å². The first-order valence-corrected chi connectivity index (χ1v) is 10.5. The Bertz CT molecular complexity index is 1360. The summed E-state index contributed by atoms with van der Waals surface area (Å²) in [4.78, 5) is 16.9. The number of rotatable bonds is 3. The molecule has 170 valence electrons. The van der Waals surface area contributed by atoms with E-state index in [1.54, 1.807) is 49.7 Å². The number of hydrogen-bond acceptors (Lipinski definition) is 3. The Labute approximate surface area is 193 Å². The molecule has 0 saturated heterocycles. The summed E-state index contributed by atoms with van der Waals surface area (Å²) < 4.78 is 42.2. The van der Waals surface area contributed by atoms with Crippen molar-refractivity contribution in [1.29, 1.82) is 0 Å². The number of alkyl halides is 3. The van der Waals surface area contributed by atoms with Crippen LogP contribution in [0.4, 0.5) is 18.9 Å². The van der Waals surface area contributed by atoms with E-state index in [0.717, 1.165) is 11.6 Å². The lowest BCUT2D eigenvalue weighted by Crippen LogP contribution is -2.28. The van der Waals surface area contributed by atoms with Gasteiger partial charge in [-0.1, -0.05) is 56.6 Å². The maximum atomic E-state index is 13.5. The summed E-state index contributed by atoms with van der Waals surface area (Å²) in [5.74, 6) is -0.522. The van der Waals surface area contributed by atoms with Gasteiger partial charge in [-0.3, -0.25) is 4.79 Å². The molecule has 1 N–H and O–H groups in total. The summed E-state index contributed by atoms with van der Waals surface area (Å²) in [7, 11) is 0. The van der Waals surface area contributed by atoms with E-state index in [9.17, 15) is 18.0 Å². The predicted octanol–water partition coefficient (Wildman–Crippen LogP) is 6.72. The Morgan fingerprint density at radius 3 is 2.39 bits per heavy atom. The Balaban J connectivity index is 1.76. The molecular formula is C24H20ClF3N4O. The number of halogens is 4. The third-order valence-corrected chi connectivity index (χ3v) is 5.35. The maximum absolute atomic E-state index is 13.5. The molecule has 0 aliphatic carbocycles. The third-order valence-electron chi connectivity index (χ3n) is 5.02. The van der Waals surface area contributed by atoms with Crippen molar-refractivity contribution in [1.82, 2.24) is 14.6 Å². The molecule has 0 bridgehead atoms. The summed E-state index contributed by atoms with van der Waals surface area (Å²) in [6.07, 6.45) is -3.00. The molecule has 0 atom stereocenters. The average molecular weight is 473 g/mol. The Morgan fingerprint density at radius 2 is 1.73 bits per heavy atom. The summed E-state index contributed by atoms with van der Waals surface area (Å²) in [6.45, 7) is 4.89. The number of imidazole rings is 1. The van der Waals surface area contributed by atoms with Gasteiger partial charge in [0, 0.05) is 16.5 Å². The minimum absolute atomic E-state index is 0.318. The lowest BCUT2D eigenvalue weighted by molar-refractivity contribution is -0.137. The first-order valence-electron chi connectivity index (χ1n) is 10.1. The van der Waals surface area contributed by atoms with Gasteiger partial charge in [-0.15, -0.1) is 0 Å². The quantitative estimate of drug-likeness (QED) is 0.360. The topological polar surface area (TPSA) is 59.3 Å². The second-order valence-corrected chi connectivity index (χ2v) is 9.00. The predicted molar refractivity (Wildman–Crippen MR) is 122 cm³/mol. The van der Waals surface area contributed by atoms with Gasteiger partial charge in [-0.25, -0.2) is 9.50 Å². The molecule has 33 heavy (non-hydrogen) atoms. The van der Waals surface area contributed by atoms with Crippen LogP contribution >= 0.6 is 11.6 Å². The highest BCUT2D eigenvalue weighted by Crippen LogP contribution is 2.38. The number of nitrogens with zero attached hydrogens (tertiary/aromatic N) is 3. The van der Waals surface area contributed by atoms with Gasteiger partial charge in [0.2, 0.25) is 5.91 Å². The molecule has 1 amide bonds. The number of hydrogen-bond donors (Lipinski definition) is 1. The van der Waals surface area contributed by atoms with Crippen molar-refractivity contribution in [2.24, 2.45) is 5.41 Å². The Kier molecular flexibility index (Phi) is 5.66. The number of anilines is 1. The molecule has 0 spiro atoms. The monoisotopic (exact) mass is 472 g/mol. The fraction of sp³-hybridized carbons (Fsp3) is 0.208. The zero-order valence-electron chi connectivity index (χ0n) is 18.0. The number of carbonyl (C=O) groups excluding carboxylic acids is 1. The van der Waals surface area contributed by atoms with E-state index in [-0.39, 0.29) is 5.69 Å². The molecule has 9 heteroatoms. The van der Waals surface area contributed by atoms with E-state index < -0.39 is 23.1 Å². The van der Waals surface area contributed by atoms with Gasteiger partial charge in [-0.05, 0) is 30.3 Å². The standard InChI is InChI=1S/C24H20ClF3N4O/c1-23(2,3)22(33)30-19-12-14(8-9-16(19)24(26,27)28)20-13-32-21(29-20)11-10-18(31-32)15-6-4-5-7-17(15)25/h4-13H,1-3H3,(H,30,33). The number of aromatic nitrogens is 3. The average Bonchev–Trinajstić information content (AvgIpc) is 3.16. The summed E-state index contributed by atoms with van der Waals surface area (Å²) in [5, 5.41) is 7.49. The van der Waals surface area contributed by atoms with Crippen molar-refractivity contribution in [2.45, 2.75) is 26.9 Å². The summed E-state index contributed by atoms with van der Waals surface area (Å²) >= 11 is 6.26. The fourth-order valence-electron chi connectivity index (χ4n) is 3.20. The molecule has 0 aliphatic rings. The molecule has 2 aromatic carbocycles. The highest BCUT2D eigenvalue weighted by molar-refractivity contribution is 6.33. The van der Waals surface area contributed by atoms with Gasteiger partial charge >= 0.3 is 6.18 Å². The molecule has 0 radical (unpaired) electrons. The molecule has 0 saturated carbocycles. The molecule has 2 aromatic heterocycles. The van der Waals surface area contributed by atoms with Crippen LogP contribution in [-0.4, -0.2) is 20.5 Å². The first-order chi connectivity index (χ1) is 15.4. The van der Waals surface area contributed by atoms with Crippen molar-refractivity contribution >= 4 is 28.8 Å². The van der Waals surface area contributed by atoms with Crippen LogP contribution in [0.15, 0.2) is 60.8 Å². The zero-order chi connectivity index (χ0) is 24.0. The van der Waals surface area contributed by atoms with Crippen molar-refractivity contribution in [3.8, 4) is 22.5 Å². The zero-order valence-corrected chi connectivity index (χ0v) is 18.8. The van der Waals surface area contributed by atoms with E-state index >= 15 is 0 Å². The Morgan fingerprint density at radius 1 is 1.00 bits per heavy atom. The van der Waals surface area contributed by atoms with Crippen LogP contribution in [0, 0.1) is 5.41 Å². The summed E-state index contributed by atoms with van der Waals surface area (Å²) in [5.41, 5.74) is 0.618. The van der Waals surface area contributed by atoms with Gasteiger partial charge < -0.3 is 5.32 Å². The SMILES string of the molecule is CC(C)(C)C(=O)Nc1cc(-c2cn3nc(-c4ccccc4Cl)ccc3n2)ccc1C(F)(F)F. The van der Waals surface area contributed by atoms with Gasteiger partial charge in [0.05, 0.1) is 33.9 Å². The number of amides is 1. The molecular weight excluding hydrogens is 453 g/mol. The third kappa shape index (κ3) is 4.71. The van der Waals surface area contributed by atoms with E-state index in [1.807, 2.05) is 18.2 Å².